The summed E-state index contributed by atoms with van der Waals surface area (Å²) in [5, 5.41) is 0. The maximum atomic E-state index is 11.8. The molecule has 7 heteroatoms. The molecule has 2 heterocycles. The molecule has 23 heavy (non-hydrogen) atoms. The standard InChI is InChI=1S/C16H17NO5S/c18-16(8-12-6-7-23(19,20)11-12)21-10-15-17-9-14(22-15)13-4-2-1-3-5-13/h1-5,9,12H,6-8,10-11H2/t12-/m0/s1. The third-order valence-corrected chi connectivity index (χ3v) is 5.59. The largest absolute Gasteiger partial charge is 0.456 e. The van der Waals surface area contributed by atoms with Crippen molar-refractivity contribution in [3.8, 4) is 11.3 Å². The van der Waals surface area contributed by atoms with Crippen molar-refractivity contribution in [2.24, 2.45) is 5.92 Å². The van der Waals surface area contributed by atoms with Gasteiger partial charge in [-0.3, -0.25) is 4.79 Å². The van der Waals surface area contributed by atoms with Crippen molar-refractivity contribution in [1.29, 1.82) is 0 Å². The predicted octanol–water partition coefficient (Wildman–Crippen LogP) is 2.21. The lowest BCUT2D eigenvalue weighted by Crippen LogP contribution is -2.13. The fourth-order valence-corrected chi connectivity index (χ4v) is 4.44. The van der Waals surface area contributed by atoms with Crippen molar-refractivity contribution in [3.63, 3.8) is 0 Å². The Morgan fingerprint density at radius 2 is 2.09 bits per heavy atom. The monoisotopic (exact) mass is 335 g/mol. The van der Waals surface area contributed by atoms with E-state index < -0.39 is 15.8 Å². The Labute approximate surface area is 134 Å². The minimum atomic E-state index is -2.97. The van der Waals surface area contributed by atoms with Gasteiger partial charge in [0.1, 0.15) is 0 Å². The van der Waals surface area contributed by atoms with Crippen LogP contribution in [0.3, 0.4) is 0 Å². The summed E-state index contributed by atoms with van der Waals surface area (Å²) in [5.41, 5.74) is 0.897. The van der Waals surface area contributed by atoms with Crippen LogP contribution in [0.1, 0.15) is 18.7 Å². The smallest absolute Gasteiger partial charge is 0.306 e. The molecule has 122 valence electrons. The zero-order valence-corrected chi connectivity index (χ0v) is 13.3. The minimum Gasteiger partial charge on any atom is -0.456 e. The fraction of sp³-hybridized carbons (Fsp3) is 0.375. The summed E-state index contributed by atoms with van der Waals surface area (Å²) in [6.45, 7) is -0.0505. The summed E-state index contributed by atoms with van der Waals surface area (Å²) in [4.78, 5) is 15.9. The molecule has 1 saturated heterocycles. The van der Waals surface area contributed by atoms with Gasteiger partial charge >= 0.3 is 5.97 Å². The Bertz CT molecular complexity index is 782. The molecule has 0 bridgehead atoms. The maximum absolute atomic E-state index is 11.8. The first-order valence-electron chi connectivity index (χ1n) is 7.38. The number of ether oxygens (including phenoxy) is 1. The average molecular weight is 335 g/mol. The highest BCUT2D eigenvalue weighted by Gasteiger charge is 2.29. The van der Waals surface area contributed by atoms with Gasteiger partial charge in [-0.15, -0.1) is 0 Å². The van der Waals surface area contributed by atoms with Crippen LogP contribution in [0.2, 0.25) is 0 Å². The number of benzene rings is 1. The van der Waals surface area contributed by atoms with E-state index in [1.54, 1.807) is 6.20 Å². The van der Waals surface area contributed by atoms with Gasteiger partial charge < -0.3 is 9.15 Å². The number of rotatable bonds is 5. The molecular weight excluding hydrogens is 318 g/mol. The molecule has 3 rings (SSSR count). The highest BCUT2D eigenvalue weighted by molar-refractivity contribution is 7.91. The quantitative estimate of drug-likeness (QED) is 0.779. The van der Waals surface area contributed by atoms with Crippen LogP contribution in [-0.2, 0) is 26.0 Å². The van der Waals surface area contributed by atoms with Crippen LogP contribution >= 0.6 is 0 Å². The molecule has 0 aliphatic carbocycles. The normalized spacial score (nSPS) is 19.6. The average Bonchev–Trinajstić information content (AvgIpc) is 3.13. The van der Waals surface area contributed by atoms with Crippen LogP contribution in [-0.4, -0.2) is 30.9 Å². The molecule has 0 unspecified atom stereocenters. The van der Waals surface area contributed by atoms with Crippen molar-refractivity contribution in [1.82, 2.24) is 4.98 Å². The molecule has 0 N–H and O–H groups in total. The van der Waals surface area contributed by atoms with Crippen molar-refractivity contribution in [2.75, 3.05) is 11.5 Å². The van der Waals surface area contributed by atoms with E-state index in [0.717, 1.165) is 5.56 Å². The highest BCUT2D eigenvalue weighted by atomic mass is 32.2. The first kappa shape index (κ1) is 15.7. The number of carbonyl (C=O) groups excluding carboxylic acids is 1. The lowest BCUT2D eigenvalue weighted by Gasteiger charge is -2.06. The Kier molecular flexibility index (Phi) is 4.47. The number of oxazole rings is 1. The molecule has 1 aliphatic rings. The Morgan fingerprint density at radius 1 is 1.30 bits per heavy atom. The van der Waals surface area contributed by atoms with E-state index in [9.17, 15) is 13.2 Å². The second-order valence-electron chi connectivity index (χ2n) is 5.62. The summed E-state index contributed by atoms with van der Waals surface area (Å²) in [7, 11) is -2.97. The van der Waals surface area contributed by atoms with Crippen LogP contribution in [0.4, 0.5) is 0 Å². The molecule has 1 aromatic heterocycles. The lowest BCUT2D eigenvalue weighted by molar-refractivity contribution is -0.146. The molecular formula is C16H17NO5S. The van der Waals surface area contributed by atoms with Gasteiger partial charge in [0, 0.05) is 12.0 Å². The summed E-state index contributed by atoms with van der Waals surface area (Å²) < 4.78 is 33.4. The number of hydrogen-bond donors (Lipinski definition) is 0. The van der Waals surface area contributed by atoms with Crippen molar-refractivity contribution in [3.05, 3.63) is 42.4 Å². The van der Waals surface area contributed by atoms with E-state index in [-0.39, 0.29) is 30.5 Å². The Morgan fingerprint density at radius 3 is 2.78 bits per heavy atom. The van der Waals surface area contributed by atoms with Crippen molar-refractivity contribution >= 4 is 15.8 Å². The predicted molar refractivity (Wildman–Crippen MR) is 83.1 cm³/mol. The van der Waals surface area contributed by atoms with Crippen LogP contribution in [0.15, 0.2) is 40.9 Å². The molecule has 0 amide bonds. The molecule has 1 aliphatic heterocycles. The third-order valence-electron chi connectivity index (χ3n) is 3.75. The molecule has 1 aromatic carbocycles. The van der Waals surface area contributed by atoms with Gasteiger partial charge in [-0.1, -0.05) is 30.3 Å². The van der Waals surface area contributed by atoms with E-state index in [4.69, 9.17) is 9.15 Å². The summed E-state index contributed by atoms with van der Waals surface area (Å²) >= 11 is 0. The van der Waals surface area contributed by atoms with Gasteiger partial charge in [-0.2, -0.15) is 0 Å². The summed E-state index contributed by atoms with van der Waals surface area (Å²) in [5.74, 6) is 0.586. The first-order chi connectivity index (χ1) is 11.0. The summed E-state index contributed by atoms with van der Waals surface area (Å²) in [6, 6.07) is 9.50. The molecule has 0 radical (unpaired) electrons. The van der Waals surface area contributed by atoms with Crippen LogP contribution in [0.5, 0.6) is 0 Å². The third kappa shape index (κ3) is 4.19. The van der Waals surface area contributed by atoms with Crippen LogP contribution < -0.4 is 0 Å². The second-order valence-corrected chi connectivity index (χ2v) is 7.85. The van der Waals surface area contributed by atoms with E-state index in [2.05, 4.69) is 4.98 Å². The van der Waals surface area contributed by atoms with Crippen LogP contribution in [0, 0.1) is 5.92 Å². The van der Waals surface area contributed by atoms with Gasteiger partial charge in [-0.05, 0) is 12.3 Å². The Hall–Kier alpha value is -2.15. The van der Waals surface area contributed by atoms with Crippen molar-refractivity contribution in [2.45, 2.75) is 19.4 Å². The van der Waals surface area contributed by atoms with Gasteiger partial charge in [0.25, 0.3) is 0 Å². The van der Waals surface area contributed by atoms with E-state index in [1.165, 1.54) is 0 Å². The van der Waals surface area contributed by atoms with Gasteiger partial charge in [0.2, 0.25) is 5.89 Å². The first-order valence-corrected chi connectivity index (χ1v) is 9.20. The van der Waals surface area contributed by atoms with E-state index in [0.29, 0.717) is 18.1 Å². The topological polar surface area (TPSA) is 86.5 Å². The summed E-state index contributed by atoms with van der Waals surface area (Å²) in [6.07, 6.45) is 2.22. The molecule has 1 atom stereocenters. The number of sulfone groups is 1. The zero-order chi connectivity index (χ0) is 16.3. The molecule has 1 fully saturated rings. The number of carbonyl (C=O) groups is 1. The number of nitrogens with zero attached hydrogens (tertiary/aromatic N) is 1. The molecule has 0 saturated carbocycles. The molecule has 2 aromatic rings. The Balaban J connectivity index is 1.51. The minimum absolute atomic E-state index is 0.0505. The van der Waals surface area contributed by atoms with Gasteiger partial charge in [0.05, 0.1) is 17.7 Å². The van der Waals surface area contributed by atoms with E-state index >= 15 is 0 Å². The maximum Gasteiger partial charge on any atom is 0.306 e. The highest BCUT2D eigenvalue weighted by Crippen LogP contribution is 2.23. The van der Waals surface area contributed by atoms with Gasteiger partial charge in [0.15, 0.2) is 22.2 Å². The van der Waals surface area contributed by atoms with E-state index in [1.807, 2.05) is 30.3 Å². The SMILES string of the molecule is O=C(C[C@@H]1CCS(=O)(=O)C1)OCc1ncc(-c2ccccc2)o1. The zero-order valence-electron chi connectivity index (χ0n) is 12.5. The number of hydrogen-bond acceptors (Lipinski definition) is 6. The van der Waals surface area contributed by atoms with Crippen molar-refractivity contribution < 1.29 is 22.4 Å². The van der Waals surface area contributed by atoms with Crippen LogP contribution in [0.25, 0.3) is 11.3 Å². The number of esters is 1. The second kappa shape index (κ2) is 6.54. The molecule has 0 spiro atoms. The fourth-order valence-electron chi connectivity index (χ4n) is 2.58. The lowest BCUT2D eigenvalue weighted by atomic mass is 10.1. The molecule has 6 nitrogen and oxygen atoms in total. The van der Waals surface area contributed by atoms with Gasteiger partial charge in [-0.25, -0.2) is 13.4 Å². The number of aromatic nitrogens is 1.